The van der Waals surface area contributed by atoms with Crippen LogP contribution in [0.1, 0.15) is 66.7 Å². The predicted molar refractivity (Wildman–Crippen MR) is 197 cm³/mol. The van der Waals surface area contributed by atoms with E-state index in [0.717, 1.165) is 6.07 Å². The van der Waals surface area contributed by atoms with Gasteiger partial charge in [-0.1, -0.05) is 47.6 Å². The van der Waals surface area contributed by atoms with Gasteiger partial charge in [0, 0.05) is 28.1 Å². The van der Waals surface area contributed by atoms with Crippen LogP contribution in [-0.4, -0.2) is 62.0 Å². The zero-order valence-electron chi connectivity index (χ0n) is 30.8. The van der Waals surface area contributed by atoms with Crippen LogP contribution < -0.4 is 25.4 Å². The van der Waals surface area contributed by atoms with E-state index in [4.69, 9.17) is 14.0 Å². The first-order valence-electron chi connectivity index (χ1n) is 16.5. The average molecular weight is 765 g/mol. The minimum Gasteiger partial charge on any atom is -0.493 e. The van der Waals surface area contributed by atoms with Gasteiger partial charge in [-0.25, -0.2) is 28.3 Å². The van der Waals surface area contributed by atoms with Gasteiger partial charge in [-0.15, -0.1) is 11.3 Å². The number of thiazole rings is 1. The number of fused-ring (bicyclic) bond motifs is 1. The minimum absolute atomic E-state index is 0.101. The number of anilines is 3. The van der Waals surface area contributed by atoms with Crippen LogP contribution in [0.15, 0.2) is 42.9 Å². The normalized spacial score (nSPS) is 12.9. The van der Waals surface area contributed by atoms with Crippen LogP contribution in [0.25, 0.3) is 10.9 Å². The lowest BCUT2D eigenvalue weighted by Crippen LogP contribution is -2.71. The van der Waals surface area contributed by atoms with Crippen molar-refractivity contribution in [3.63, 3.8) is 0 Å². The number of nitrogens with zero attached hydrogens (tertiary/aromatic N) is 3. The van der Waals surface area contributed by atoms with Gasteiger partial charge in [0.25, 0.3) is 0 Å². The number of benzene rings is 2. The number of phosphoric acid groups is 1. The molecule has 2 aromatic heterocycles. The van der Waals surface area contributed by atoms with Crippen molar-refractivity contribution in [2.24, 2.45) is 10.8 Å². The summed E-state index contributed by atoms with van der Waals surface area (Å²) in [7, 11) is -3.35. The van der Waals surface area contributed by atoms with Gasteiger partial charge in [0.2, 0.25) is 5.91 Å². The Morgan fingerprint density at radius 1 is 0.981 bits per heavy atom. The molecule has 1 amide bonds. The first kappa shape index (κ1) is 41.0. The zero-order valence-corrected chi connectivity index (χ0v) is 32.5. The quantitative estimate of drug-likeness (QED) is 0.0601. The smallest absolute Gasteiger partial charge is 0.470 e. The summed E-state index contributed by atoms with van der Waals surface area (Å²) >= 11 is 1.20. The number of nitrogens with one attached hydrogen (secondary N) is 3. The molecule has 0 saturated heterocycles. The molecule has 0 aliphatic carbocycles. The van der Waals surface area contributed by atoms with Gasteiger partial charge in [0.1, 0.15) is 17.7 Å². The largest absolute Gasteiger partial charge is 0.493 e. The van der Waals surface area contributed by atoms with E-state index in [2.05, 4.69) is 30.9 Å². The van der Waals surface area contributed by atoms with Crippen LogP contribution in [0.2, 0.25) is 0 Å². The fourth-order valence-corrected chi connectivity index (χ4v) is 9.23. The molecule has 2 aromatic carbocycles. The maximum Gasteiger partial charge on any atom is 0.470 e. The molecule has 284 valence electrons. The highest BCUT2D eigenvalue weighted by atomic mass is 32.1. The Bertz CT molecular complexity index is 1930. The molecule has 0 bridgehead atoms. The Hall–Kier alpha value is -3.79. The SMILES string of the molecule is COc1cc2c(Nc3ncc(CC(=O)Nc4cccc(F)c4F)s3)ncnc2cc1OCCCNC(C)(C)C(OP(=O)(O)O)(C(C)(C)C)C(C)(C)C. The van der Waals surface area contributed by atoms with Gasteiger partial charge in [-0.05, 0) is 55.8 Å². The lowest BCUT2D eigenvalue weighted by atomic mass is 9.55. The number of halogens is 2. The topological polar surface area (TPSA) is 177 Å². The lowest BCUT2D eigenvalue weighted by molar-refractivity contribution is -0.176. The Labute approximate surface area is 306 Å². The second-order valence-electron chi connectivity index (χ2n) is 14.8. The molecular formula is C35H47F2N6O7PS. The molecule has 0 saturated carbocycles. The number of hydrogen-bond donors (Lipinski definition) is 5. The maximum atomic E-state index is 14.0. The molecule has 0 aliphatic rings. The third-order valence-electron chi connectivity index (χ3n) is 8.65. The van der Waals surface area contributed by atoms with Crippen molar-refractivity contribution in [1.29, 1.82) is 0 Å². The van der Waals surface area contributed by atoms with Crippen molar-refractivity contribution in [1.82, 2.24) is 20.3 Å². The van der Waals surface area contributed by atoms with Gasteiger partial charge < -0.3 is 35.2 Å². The number of amides is 1. The van der Waals surface area contributed by atoms with E-state index in [0.29, 0.717) is 57.8 Å². The molecule has 0 unspecified atom stereocenters. The van der Waals surface area contributed by atoms with Crippen molar-refractivity contribution in [2.45, 2.75) is 79.4 Å². The van der Waals surface area contributed by atoms with Crippen LogP contribution in [0, 0.1) is 22.5 Å². The number of carbonyl (C=O) groups excluding carboxylic acids is 1. The molecule has 0 atom stereocenters. The number of carbonyl (C=O) groups is 1. The molecule has 5 N–H and O–H groups in total. The summed E-state index contributed by atoms with van der Waals surface area (Å²) < 4.78 is 57.2. The van der Waals surface area contributed by atoms with Crippen molar-refractivity contribution in [2.75, 3.05) is 30.9 Å². The van der Waals surface area contributed by atoms with Gasteiger partial charge >= 0.3 is 7.82 Å². The standard InChI is InChI=1S/C35H47F2N6O7PS/c1-32(2,3)35(33(4,5)6,50-51(45,46)47)34(7,8)41-14-11-15-49-27-18-25-22(17-26(27)48-9)30(40-20-39-25)43-31-38-19-21(52-31)16-28(44)42-24-13-10-12-23(36)29(24)37/h10,12-13,17-20,41H,11,14-16H2,1-9H3,(H,42,44)(H2,45,46,47)(H,38,39,40,43). The summed E-state index contributed by atoms with van der Waals surface area (Å²) in [5, 5.41) is 10.1. The molecule has 0 aliphatic heterocycles. The summed E-state index contributed by atoms with van der Waals surface area (Å²) in [4.78, 5) is 46.1. The van der Waals surface area contributed by atoms with Gasteiger partial charge in [0.15, 0.2) is 28.3 Å². The molecule has 0 fully saturated rings. The van der Waals surface area contributed by atoms with Gasteiger partial charge in [-0.2, -0.15) is 0 Å². The number of rotatable bonds is 15. The van der Waals surface area contributed by atoms with Gasteiger partial charge in [0.05, 0.1) is 31.3 Å². The van der Waals surface area contributed by atoms with E-state index < -0.39 is 47.3 Å². The molecule has 13 nitrogen and oxygen atoms in total. The summed E-state index contributed by atoms with van der Waals surface area (Å²) in [5.41, 5.74) is -3.17. The van der Waals surface area contributed by atoms with Crippen molar-refractivity contribution in [3.05, 3.63) is 59.4 Å². The number of methoxy groups -OCH3 is 1. The summed E-state index contributed by atoms with van der Waals surface area (Å²) in [6, 6.07) is 7.03. The summed E-state index contributed by atoms with van der Waals surface area (Å²) in [5.74, 6) is -1.38. The number of hydrogen-bond acceptors (Lipinski definition) is 11. The van der Waals surface area contributed by atoms with Crippen LogP contribution in [0.3, 0.4) is 0 Å². The monoisotopic (exact) mass is 764 g/mol. The number of aromatic nitrogens is 3. The molecule has 0 spiro atoms. The second-order valence-corrected chi connectivity index (χ2v) is 17.1. The number of ether oxygens (including phenoxy) is 2. The van der Waals surface area contributed by atoms with Crippen molar-refractivity contribution >= 4 is 52.6 Å². The Kier molecular flexibility index (Phi) is 12.3. The predicted octanol–water partition coefficient (Wildman–Crippen LogP) is 7.38. The Balaban J connectivity index is 1.42. The van der Waals surface area contributed by atoms with Crippen LogP contribution in [-0.2, 0) is 20.3 Å². The summed E-state index contributed by atoms with van der Waals surface area (Å²) in [6.45, 7) is 16.0. The molecular weight excluding hydrogens is 717 g/mol. The fraction of sp³-hybridized carbons (Fsp3) is 0.486. The maximum absolute atomic E-state index is 14.0. The second kappa shape index (κ2) is 15.7. The summed E-state index contributed by atoms with van der Waals surface area (Å²) in [6.07, 6.45) is 3.34. The lowest BCUT2D eigenvalue weighted by Gasteiger charge is -2.60. The van der Waals surface area contributed by atoms with E-state index >= 15 is 0 Å². The molecule has 17 heteroatoms. The molecule has 0 radical (unpaired) electrons. The van der Waals surface area contributed by atoms with E-state index in [1.165, 1.54) is 43.1 Å². The number of phosphoric ester groups is 1. The van der Waals surface area contributed by atoms with Crippen LogP contribution in [0.4, 0.5) is 25.4 Å². The third-order valence-corrected chi connectivity index (χ3v) is 10.1. The molecule has 4 aromatic rings. The van der Waals surface area contributed by atoms with Crippen molar-refractivity contribution < 1.29 is 41.9 Å². The van der Waals surface area contributed by atoms with E-state index in [-0.39, 0.29) is 12.1 Å². The first-order chi connectivity index (χ1) is 24.1. The molecule has 52 heavy (non-hydrogen) atoms. The molecule has 4 rings (SSSR count). The highest BCUT2D eigenvalue weighted by molar-refractivity contribution is 7.46. The third kappa shape index (κ3) is 9.22. The van der Waals surface area contributed by atoms with Crippen molar-refractivity contribution in [3.8, 4) is 11.5 Å². The van der Waals surface area contributed by atoms with E-state index in [9.17, 15) is 27.9 Å². The molecule has 2 heterocycles. The minimum atomic E-state index is -4.86. The van der Waals surface area contributed by atoms with Crippen LogP contribution in [0.5, 0.6) is 11.5 Å². The van der Waals surface area contributed by atoms with E-state index in [1.54, 1.807) is 12.1 Å². The highest BCUT2D eigenvalue weighted by Gasteiger charge is 2.63. The first-order valence-corrected chi connectivity index (χ1v) is 18.9. The van der Waals surface area contributed by atoms with Crippen LogP contribution >= 0.6 is 19.2 Å². The highest BCUT2D eigenvalue weighted by Crippen LogP contribution is 2.59. The fourth-order valence-electron chi connectivity index (χ4n) is 7.28. The zero-order chi connectivity index (χ0) is 38.7. The van der Waals surface area contributed by atoms with Gasteiger partial charge in [-0.3, -0.25) is 9.32 Å². The Morgan fingerprint density at radius 2 is 1.67 bits per heavy atom. The Morgan fingerprint density at radius 3 is 2.31 bits per heavy atom. The van der Waals surface area contributed by atoms with E-state index in [1.807, 2.05) is 55.4 Å². The average Bonchev–Trinajstić information content (AvgIpc) is 3.46.